The lowest BCUT2D eigenvalue weighted by atomic mass is 9.84. The van der Waals surface area contributed by atoms with Gasteiger partial charge in [-0.25, -0.2) is 17.8 Å². The fourth-order valence-electron chi connectivity index (χ4n) is 3.30. The molecule has 1 aliphatic carbocycles. The summed E-state index contributed by atoms with van der Waals surface area (Å²) in [5.41, 5.74) is 3.77. The van der Waals surface area contributed by atoms with Crippen LogP contribution >= 0.6 is 0 Å². The molecule has 0 saturated heterocycles. The molecule has 136 valence electrons. The predicted octanol–water partition coefficient (Wildman–Crippen LogP) is 4.91. The molecule has 0 saturated carbocycles. The van der Waals surface area contributed by atoms with Gasteiger partial charge in [-0.1, -0.05) is 38.1 Å². The number of sulfone groups is 1. The summed E-state index contributed by atoms with van der Waals surface area (Å²) in [6.45, 7) is 4.29. The molecule has 0 atom stereocenters. The second-order valence-corrected chi connectivity index (χ2v) is 8.68. The SMILES string of the molecule is CCC1(CC)C=C(c2ccc(F)cc2)C(c2ccc(S(C)(=O)=O)nc2)=C1. The Labute approximate surface area is 154 Å². The summed E-state index contributed by atoms with van der Waals surface area (Å²) >= 11 is 0. The molecule has 0 fully saturated rings. The number of allylic oxidation sites excluding steroid dienone is 4. The molecule has 3 nitrogen and oxygen atoms in total. The van der Waals surface area contributed by atoms with E-state index in [0.29, 0.717) is 0 Å². The van der Waals surface area contributed by atoms with Crippen LogP contribution in [0.4, 0.5) is 4.39 Å². The van der Waals surface area contributed by atoms with E-state index in [1.165, 1.54) is 18.2 Å². The maximum Gasteiger partial charge on any atom is 0.192 e. The van der Waals surface area contributed by atoms with E-state index in [0.717, 1.165) is 41.4 Å². The largest absolute Gasteiger partial charge is 0.244 e. The standard InChI is InChI=1S/C21H22FNO2S/c1-4-21(5-2)12-18(15-6-9-17(22)10-7-15)19(13-21)16-8-11-20(23-14-16)26(3,24)25/h6-14H,4-5H2,1-3H3. The van der Waals surface area contributed by atoms with Crippen LogP contribution in [0.1, 0.15) is 37.8 Å². The van der Waals surface area contributed by atoms with Crippen molar-refractivity contribution in [1.29, 1.82) is 0 Å². The summed E-state index contributed by atoms with van der Waals surface area (Å²) in [5, 5.41) is 0.0596. The van der Waals surface area contributed by atoms with Crippen molar-refractivity contribution >= 4 is 21.0 Å². The van der Waals surface area contributed by atoms with Crippen LogP contribution in [0.2, 0.25) is 0 Å². The molecule has 0 unspecified atom stereocenters. The third-order valence-corrected chi connectivity index (χ3v) is 6.05. The summed E-state index contributed by atoms with van der Waals surface area (Å²) in [6.07, 6.45) is 9.11. The third kappa shape index (κ3) is 3.49. The van der Waals surface area contributed by atoms with Gasteiger partial charge in [0.2, 0.25) is 0 Å². The Bertz CT molecular complexity index is 968. The zero-order chi connectivity index (χ0) is 18.9. The van der Waals surface area contributed by atoms with Crippen molar-refractivity contribution in [2.24, 2.45) is 5.41 Å². The first kappa shape index (κ1) is 18.5. The highest BCUT2D eigenvalue weighted by Crippen LogP contribution is 2.47. The van der Waals surface area contributed by atoms with E-state index in [1.54, 1.807) is 24.4 Å². The normalized spacial score (nSPS) is 16.3. The number of pyridine rings is 1. The predicted molar refractivity (Wildman–Crippen MR) is 103 cm³/mol. The monoisotopic (exact) mass is 371 g/mol. The van der Waals surface area contributed by atoms with Crippen LogP contribution in [-0.2, 0) is 9.84 Å². The molecule has 1 aliphatic rings. The van der Waals surface area contributed by atoms with Gasteiger partial charge in [0.15, 0.2) is 14.9 Å². The molecule has 0 bridgehead atoms. The fourth-order valence-corrected chi connectivity index (χ4v) is 3.86. The highest BCUT2D eigenvalue weighted by atomic mass is 32.2. The molecule has 5 heteroatoms. The van der Waals surface area contributed by atoms with E-state index in [1.807, 2.05) is 0 Å². The molecule has 0 amide bonds. The highest BCUT2D eigenvalue weighted by molar-refractivity contribution is 7.90. The molecule has 3 rings (SSSR count). The van der Waals surface area contributed by atoms with Gasteiger partial charge in [-0.3, -0.25) is 0 Å². The van der Waals surface area contributed by atoms with E-state index in [9.17, 15) is 12.8 Å². The number of rotatable bonds is 5. The van der Waals surface area contributed by atoms with Crippen molar-refractivity contribution < 1.29 is 12.8 Å². The van der Waals surface area contributed by atoms with Crippen LogP contribution in [0.3, 0.4) is 0 Å². The Morgan fingerprint density at radius 2 is 1.46 bits per heavy atom. The number of nitrogens with zero attached hydrogens (tertiary/aromatic N) is 1. The van der Waals surface area contributed by atoms with Gasteiger partial charge in [-0.05, 0) is 53.8 Å². The molecule has 0 N–H and O–H groups in total. The minimum absolute atomic E-state index is 0.0596. The van der Waals surface area contributed by atoms with Crippen LogP contribution in [0, 0.1) is 11.2 Å². The molecule has 0 aliphatic heterocycles. The number of hydrogen-bond acceptors (Lipinski definition) is 3. The van der Waals surface area contributed by atoms with Crippen molar-refractivity contribution in [1.82, 2.24) is 4.98 Å². The molecule has 0 spiro atoms. The average Bonchev–Trinajstić information content (AvgIpc) is 3.02. The molecule has 0 radical (unpaired) electrons. The third-order valence-electron chi connectivity index (χ3n) is 5.05. The van der Waals surface area contributed by atoms with Crippen LogP contribution < -0.4 is 0 Å². The molecule has 1 aromatic heterocycles. The van der Waals surface area contributed by atoms with E-state index >= 15 is 0 Å². The van der Waals surface area contributed by atoms with Gasteiger partial charge in [0, 0.05) is 23.4 Å². The van der Waals surface area contributed by atoms with Gasteiger partial charge < -0.3 is 0 Å². The summed E-state index contributed by atoms with van der Waals surface area (Å²) in [7, 11) is -3.33. The Balaban J connectivity index is 2.10. The van der Waals surface area contributed by atoms with Gasteiger partial charge >= 0.3 is 0 Å². The van der Waals surface area contributed by atoms with Crippen LogP contribution in [-0.4, -0.2) is 19.7 Å². The summed E-state index contributed by atoms with van der Waals surface area (Å²) < 4.78 is 36.6. The zero-order valence-electron chi connectivity index (χ0n) is 15.2. The summed E-state index contributed by atoms with van der Waals surface area (Å²) in [4.78, 5) is 4.12. The number of aromatic nitrogens is 1. The topological polar surface area (TPSA) is 47.0 Å². The van der Waals surface area contributed by atoms with Crippen molar-refractivity contribution in [3.63, 3.8) is 0 Å². The second-order valence-electron chi connectivity index (χ2n) is 6.72. The second kappa shape index (κ2) is 6.80. The van der Waals surface area contributed by atoms with Crippen molar-refractivity contribution in [3.05, 3.63) is 71.7 Å². The minimum atomic E-state index is -3.33. The molecule has 1 heterocycles. The summed E-state index contributed by atoms with van der Waals surface area (Å²) in [6, 6.07) is 9.77. The van der Waals surface area contributed by atoms with Gasteiger partial charge in [-0.2, -0.15) is 0 Å². The first-order chi connectivity index (χ1) is 12.3. The first-order valence-corrected chi connectivity index (χ1v) is 10.6. The summed E-state index contributed by atoms with van der Waals surface area (Å²) in [5.74, 6) is -0.269. The molecular weight excluding hydrogens is 349 g/mol. The molecule has 1 aromatic carbocycles. The van der Waals surface area contributed by atoms with E-state index in [4.69, 9.17) is 0 Å². The quantitative estimate of drug-likeness (QED) is 0.750. The highest BCUT2D eigenvalue weighted by Gasteiger charge is 2.30. The maximum absolute atomic E-state index is 13.3. The van der Waals surface area contributed by atoms with E-state index < -0.39 is 9.84 Å². The average molecular weight is 371 g/mol. The lowest BCUT2D eigenvalue weighted by Gasteiger charge is -2.20. The number of benzene rings is 1. The van der Waals surface area contributed by atoms with Crippen LogP contribution in [0.25, 0.3) is 11.1 Å². The fraction of sp³-hybridized carbons (Fsp3) is 0.286. The van der Waals surface area contributed by atoms with Gasteiger partial charge in [0.1, 0.15) is 5.82 Å². The molecular formula is C21H22FNO2S. The lowest BCUT2D eigenvalue weighted by molar-refractivity contribution is 0.464. The van der Waals surface area contributed by atoms with E-state index in [2.05, 4.69) is 31.0 Å². The Hall–Kier alpha value is -2.27. The molecule has 26 heavy (non-hydrogen) atoms. The van der Waals surface area contributed by atoms with Crippen molar-refractivity contribution in [2.45, 2.75) is 31.7 Å². The Morgan fingerprint density at radius 3 is 1.92 bits per heavy atom. The van der Waals surface area contributed by atoms with Crippen LogP contribution in [0.5, 0.6) is 0 Å². The molecule has 2 aromatic rings. The maximum atomic E-state index is 13.3. The van der Waals surface area contributed by atoms with Crippen molar-refractivity contribution in [2.75, 3.05) is 6.26 Å². The number of hydrogen-bond donors (Lipinski definition) is 0. The van der Waals surface area contributed by atoms with Crippen molar-refractivity contribution in [3.8, 4) is 0 Å². The van der Waals surface area contributed by atoms with Crippen LogP contribution in [0.15, 0.2) is 59.8 Å². The van der Waals surface area contributed by atoms with Gasteiger partial charge in [0.05, 0.1) is 0 Å². The first-order valence-electron chi connectivity index (χ1n) is 8.66. The van der Waals surface area contributed by atoms with Gasteiger partial charge in [-0.15, -0.1) is 0 Å². The Morgan fingerprint density at radius 1 is 0.923 bits per heavy atom. The van der Waals surface area contributed by atoms with E-state index in [-0.39, 0.29) is 16.3 Å². The Kier molecular flexibility index (Phi) is 4.84. The number of halogens is 1. The minimum Gasteiger partial charge on any atom is -0.244 e. The van der Waals surface area contributed by atoms with Gasteiger partial charge in [0.25, 0.3) is 0 Å². The zero-order valence-corrected chi connectivity index (χ0v) is 16.0. The smallest absolute Gasteiger partial charge is 0.192 e. The lowest BCUT2D eigenvalue weighted by Crippen LogP contribution is -2.09.